The molecule has 0 radical (unpaired) electrons. The van der Waals surface area contributed by atoms with Gasteiger partial charge in [-0.2, -0.15) is 0 Å². The molecule has 3 rings (SSSR count). The normalized spacial score (nSPS) is 35.0. The first kappa shape index (κ1) is 14.7. The lowest BCUT2D eigenvalue weighted by Gasteiger charge is -2.43. The van der Waals surface area contributed by atoms with E-state index >= 15 is 0 Å². The van der Waals surface area contributed by atoms with Crippen LogP contribution in [0.15, 0.2) is 12.4 Å². The SMILES string of the molecule is C=C1NC2C(COC(=O)NC)NC(N)=[N+]3CCC(O)(O)C23N1. The molecule has 122 valence electrons. The first-order chi connectivity index (χ1) is 10.3. The lowest BCUT2D eigenvalue weighted by molar-refractivity contribution is -0.623. The Labute approximate surface area is 127 Å². The molecule has 0 aromatic heterocycles. The van der Waals surface area contributed by atoms with E-state index in [2.05, 4.69) is 27.8 Å². The number of guanidine groups is 1. The van der Waals surface area contributed by atoms with E-state index in [9.17, 15) is 15.0 Å². The van der Waals surface area contributed by atoms with E-state index in [1.807, 2.05) is 0 Å². The van der Waals surface area contributed by atoms with Crippen molar-refractivity contribution in [1.82, 2.24) is 21.3 Å². The zero-order valence-electron chi connectivity index (χ0n) is 12.2. The first-order valence-corrected chi connectivity index (χ1v) is 7.01. The highest BCUT2D eigenvalue weighted by molar-refractivity contribution is 5.74. The summed E-state index contributed by atoms with van der Waals surface area (Å²) in [5.41, 5.74) is 4.77. The second kappa shape index (κ2) is 4.65. The molecule has 1 amide bonds. The van der Waals surface area contributed by atoms with Gasteiger partial charge in [0.1, 0.15) is 18.7 Å². The molecule has 10 nitrogen and oxygen atoms in total. The second-order valence-electron chi connectivity index (χ2n) is 5.69. The molecule has 1 spiro atoms. The van der Waals surface area contributed by atoms with Gasteiger partial charge < -0.3 is 30.9 Å². The molecule has 3 unspecified atom stereocenters. The van der Waals surface area contributed by atoms with Gasteiger partial charge in [-0.3, -0.25) is 11.1 Å². The quantitative estimate of drug-likeness (QED) is 0.205. The van der Waals surface area contributed by atoms with Crippen LogP contribution in [-0.2, 0) is 4.74 Å². The predicted octanol–water partition coefficient (Wildman–Crippen LogP) is -3.55. The fraction of sp³-hybridized carbons (Fsp3) is 0.667. The van der Waals surface area contributed by atoms with E-state index in [1.165, 1.54) is 7.05 Å². The lowest BCUT2D eigenvalue weighted by Crippen LogP contribution is -2.78. The third kappa shape index (κ3) is 1.80. The van der Waals surface area contributed by atoms with Crippen molar-refractivity contribution in [2.75, 3.05) is 20.2 Å². The summed E-state index contributed by atoms with van der Waals surface area (Å²) in [4.78, 5) is 11.3. The summed E-state index contributed by atoms with van der Waals surface area (Å²) in [6.45, 7) is 4.17. The van der Waals surface area contributed by atoms with Crippen LogP contribution in [0.25, 0.3) is 0 Å². The molecular weight excluding hydrogens is 292 g/mol. The topological polar surface area (TPSA) is 144 Å². The maximum atomic E-state index is 11.3. The average molecular weight is 313 g/mol. The number of hydrogen-bond donors (Lipinski definition) is 7. The van der Waals surface area contributed by atoms with Crippen molar-refractivity contribution in [2.24, 2.45) is 5.73 Å². The number of nitrogens with one attached hydrogen (secondary N) is 4. The zero-order valence-corrected chi connectivity index (χ0v) is 12.2. The van der Waals surface area contributed by atoms with Crippen molar-refractivity contribution in [3.63, 3.8) is 0 Å². The molecule has 0 aromatic carbocycles. The predicted molar refractivity (Wildman–Crippen MR) is 75.4 cm³/mol. The highest BCUT2D eigenvalue weighted by Crippen LogP contribution is 2.40. The average Bonchev–Trinajstić information content (AvgIpc) is 2.94. The largest absolute Gasteiger partial charge is 0.446 e. The summed E-state index contributed by atoms with van der Waals surface area (Å²) < 4.78 is 6.74. The first-order valence-electron chi connectivity index (χ1n) is 7.01. The Bertz CT molecular complexity index is 562. The van der Waals surface area contributed by atoms with Gasteiger partial charge in [-0.1, -0.05) is 6.58 Å². The zero-order chi connectivity index (χ0) is 16.1. The summed E-state index contributed by atoms with van der Waals surface area (Å²) in [5.74, 6) is -1.27. The molecule has 2 fully saturated rings. The van der Waals surface area contributed by atoms with Gasteiger partial charge in [0.25, 0.3) is 0 Å². The molecule has 0 aliphatic carbocycles. The van der Waals surface area contributed by atoms with Crippen LogP contribution < -0.4 is 27.0 Å². The number of nitrogens with two attached hydrogens (primary N) is 1. The van der Waals surface area contributed by atoms with Crippen LogP contribution in [0.2, 0.25) is 0 Å². The minimum atomic E-state index is -2.01. The van der Waals surface area contributed by atoms with E-state index in [1.54, 1.807) is 4.58 Å². The molecule has 0 bridgehead atoms. The second-order valence-corrected chi connectivity index (χ2v) is 5.69. The molecule has 3 aliphatic rings. The minimum Gasteiger partial charge on any atom is -0.446 e. The van der Waals surface area contributed by atoms with Crippen LogP contribution in [0, 0.1) is 0 Å². The van der Waals surface area contributed by atoms with E-state index < -0.39 is 29.6 Å². The van der Waals surface area contributed by atoms with Crippen LogP contribution in [0.3, 0.4) is 0 Å². The molecule has 10 heteroatoms. The summed E-state index contributed by atoms with van der Waals surface area (Å²) in [7, 11) is 1.46. The molecule has 8 N–H and O–H groups in total. The van der Waals surface area contributed by atoms with Crippen molar-refractivity contribution in [1.29, 1.82) is 0 Å². The molecule has 2 saturated heterocycles. The Morgan fingerprint density at radius 2 is 2.32 bits per heavy atom. The minimum absolute atomic E-state index is 0.00132. The van der Waals surface area contributed by atoms with E-state index in [0.29, 0.717) is 12.4 Å². The van der Waals surface area contributed by atoms with E-state index in [4.69, 9.17) is 10.5 Å². The van der Waals surface area contributed by atoms with Gasteiger partial charge in [0, 0.05) is 13.5 Å². The number of hydrogen-bond acceptors (Lipinski definition) is 8. The van der Waals surface area contributed by atoms with Crippen LogP contribution in [0.4, 0.5) is 4.79 Å². The Kier molecular flexibility index (Phi) is 3.11. The number of alkyl carbamates (subject to hydrolysis) is 1. The fourth-order valence-electron chi connectivity index (χ4n) is 3.50. The maximum Gasteiger partial charge on any atom is 0.406 e. The highest BCUT2D eigenvalue weighted by Gasteiger charge is 2.71. The molecule has 3 heterocycles. The van der Waals surface area contributed by atoms with Crippen LogP contribution in [0.1, 0.15) is 6.42 Å². The van der Waals surface area contributed by atoms with Crippen molar-refractivity contribution >= 4 is 12.1 Å². The summed E-state index contributed by atoms with van der Waals surface area (Å²) >= 11 is 0. The van der Waals surface area contributed by atoms with Crippen molar-refractivity contribution in [3.8, 4) is 0 Å². The monoisotopic (exact) mass is 313 g/mol. The van der Waals surface area contributed by atoms with Gasteiger partial charge in [0.05, 0.1) is 12.4 Å². The van der Waals surface area contributed by atoms with E-state index in [-0.39, 0.29) is 19.0 Å². The third-order valence-electron chi connectivity index (χ3n) is 4.47. The van der Waals surface area contributed by atoms with Gasteiger partial charge in [-0.05, 0) is 0 Å². The van der Waals surface area contributed by atoms with Gasteiger partial charge in [-0.25, -0.2) is 9.37 Å². The molecule has 0 saturated carbocycles. The van der Waals surface area contributed by atoms with E-state index in [0.717, 1.165) is 0 Å². The standard InChI is InChI=1S/C12H20N6O4/c1-6-15-8-7(5-22-10(19)14-2)16-9(13)18-4-3-11(20,21)12(8,18)17-6/h7-8,15,17,20-21H,1,3-5H2,2H3,(H3,13,14,16,19)/p+1. The van der Waals surface area contributed by atoms with Crippen LogP contribution in [0.5, 0.6) is 0 Å². The molecule has 3 atom stereocenters. The Morgan fingerprint density at radius 1 is 1.59 bits per heavy atom. The summed E-state index contributed by atoms with van der Waals surface area (Å²) in [6.07, 6.45) is -0.455. The van der Waals surface area contributed by atoms with Crippen LogP contribution in [-0.4, -0.2) is 70.6 Å². The molecule has 0 aromatic rings. The number of carbonyl (C=O) groups is 1. The van der Waals surface area contributed by atoms with Gasteiger partial charge in [0.15, 0.2) is 0 Å². The lowest BCUT2D eigenvalue weighted by atomic mass is 9.87. The Balaban J connectivity index is 1.95. The van der Waals surface area contributed by atoms with Crippen molar-refractivity contribution in [2.45, 2.75) is 30.0 Å². The summed E-state index contributed by atoms with van der Waals surface area (Å²) in [6, 6.07) is -0.966. The van der Waals surface area contributed by atoms with Crippen LogP contribution >= 0.6 is 0 Å². The van der Waals surface area contributed by atoms with Crippen molar-refractivity contribution in [3.05, 3.63) is 12.4 Å². The Hall–Kier alpha value is -2.20. The number of amides is 1. The van der Waals surface area contributed by atoms with Gasteiger partial charge >= 0.3 is 12.1 Å². The third-order valence-corrected chi connectivity index (χ3v) is 4.47. The molecule has 22 heavy (non-hydrogen) atoms. The smallest absolute Gasteiger partial charge is 0.406 e. The molecule has 3 aliphatic heterocycles. The van der Waals surface area contributed by atoms with Gasteiger partial charge in [0.2, 0.25) is 11.4 Å². The highest BCUT2D eigenvalue weighted by atomic mass is 16.5. The number of rotatable bonds is 2. The number of aliphatic hydroxyl groups is 2. The maximum absolute atomic E-state index is 11.3. The Morgan fingerprint density at radius 3 is 3.00 bits per heavy atom. The van der Waals surface area contributed by atoms with Gasteiger partial charge in [-0.15, -0.1) is 0 Å². The number of nitrogens with zero attached hydrogens (tertiary/aromatic N) is 1. The fourth-order valence-corrected chi connectivity index (χ4v) is 3.50. The summed E-state index contributed by atoms with van der Waals surface area (Å²) in [5, 5.41) is 32.4. The number of carbonyl (C=O) groups excluding carboxylic acids is 1. The van der Waals surface area contributed by atoms with Crippen molar-refractivity contribution < 1.29 is 24.3 Å². The number of ether oxygens (including phenoxy) is 1. The molecular formula is C12H21N6O4+.